The Kier molecular flexibility index (Phi) is 5.38. The van der Waals surface area contributed by atoms with Crippen molar-refractivity contribution in [2.24, 2.45) is 0 Å². The molecule has 2 fully saturated rings. The molecule has 0 aromatic carbocycles. The van der Waals surface area contributed by atoms with Gasteiger partial charge in [0.15, 0.2) is 0 Å². The first-order valence-electron chi connectivity index (χ1n) is 6.74. The van der Waals surface area contributed by atoms with E-state index in [1.54, 1.807) is 0 Å². The van der Waals surface area contributed by atoms with E-state index in [0.717, 1.165) is 26.2 Å². The SMILES string of the molecule is CCCOCC(C)(COCC1CO1)OCC1CO1. The van der Waals surface area contributed by atoms with Crippen LogP contribution in [-0.4, -0.2) is 64.1 Å². The second-order valence-corrected chi connectivity index (χ2v) is 5.24. The molecule has 106 valence electrons. The van der Waals surface area contributed by atoms with Crippen molar-refractivity contribution in [3.63, 3.8) is 0 Å². The van der Waals surface area contributed by atoms with Gasteiger partial charge in [-0.15, -0.1) is 0 Å². The molecule has 0 aromatic rings. The second kappa shape index (κ2) is 6.82. The maximum atomic E-state index is 5.89. The average Bonchev–Trinajstić information content (AvgIpc) is 3.22. The highest BCUT2D eigenvalue weighted by molar-refractivity contribution is 4.79. The van der Waals surface area contributed by atoms with E-state index in [4.69, 9.17) is 23.7 Å². The molecule has 0 amide bonds. The predicted octanol–water partition coefficient (Wildman–Crippen LogP) is 1.00. The Hall–Kier alpha value is -0.200. The number of hydrogen-bond acceptors (Lipinski definition) is 5. The van der Waals surface area contributed by atoms with Crippen molar-refractivity contribution in [1.29, 1.82) is 0 Å². The van der Waals surface area contributed by atoms with Crippen LogP contribution in [0.3, 0.4) is 0 Å². The molecule has 0 aliphatic carbocycles. The topological polar surface area (TPSA) is 52.8 Å². The third-order valence-corrected chi connectivity index (χ3v) is 2.89. The summed E-state index contributed by atoms with van der Waals surface area (Å²) in [7, 11) is 0. The van der Waals surface area contributed by atoms with Gasteiger partial charge in [-0.25, -0.2) is 0 Å². The van der Waals surface area contributed by atoms with Crippen LogP contribution in [0.15, 0.2) is 0 Å². The molecule has 2 aliphatic heterocycles. The normalized spacial score (nSPS) is 29.0. The number of rotatable bonds is 11. The molecule has 0 saturated carbocycles. The van der Waals surface area contributed by atoms with Crippen LogP contribution in [0.1, 0.15) is 20.3 Å². The van der Waals surface area contributed by atoms with Gasteiger partial charge in [-0.05, 0) is 13.3 Å². The van der Waals surface area contributed by atoms with E-state index in [1.807, 2.05) is 6.92 Å². The summed E-state index contributed by atoms with van der Waals surface area (Å²) in [6, 6.07) is 0. The van der Waals surface area contributed by atoms with Gasteiger partial charge in [0.2, 0.25) is 0 Å². The molecular weight excluding hydrogens is 236 g/mol. The minimum atomic E-state index is -0.393. The van der Waals surface area contributed by atoms with Crippen LogP contribution in [0.5, 0.6) is 0 Å². The van der Waals surface area contributed by atoms with Crippen LogP contribution in [0.25, 0.3) is 0 Å². The van der Waals surface area contributed by atoms with Gasteiger partial charge in [0.25, 0.3) is 0 Å². The van der Waals surface area contributed by atoms with Crippen LogP contribution in [0, 0.1) is 0 Å². The fraction of sp³-hybridized carbons (Fsp3) is 1.00. The van der Waals surface area contributed by atoms with E-state index in [1.165, 1.54) is 0 Å². The summed E-state index contributed by atoms with van der Waals surface area (Å²) >= 11 is 0. The minimum Gasteiger partial charge on any atom is -0.378 e. The Balaban J connectivity index is 1.66. The van der Waals surface area contributed by atoms with Gasteiger partial charge >= 0.3 is 0 Å². The van der Waals surface area contributed by atoms with Crippen LogP contribution in [0.2, 0.25) is 0 Å². The largest absolute Gasteiger partial charge is 0.378 e. The van der Waals surface area contributed by atoms with Crippen molar-refractivity contribution in [1.82, 2.24) is 0 Å². The summed E-state index contributed by atoms with van der Waals surface area (Å²) in [5.74, 6) is 0. The monoisotopic (exact) mass is 260 g/mol. The lowest BCUT2D eigenvalue weighted by Gasteiger charge is -2.29. The van der Waals surface area contributed by atoms with E-state index in [9.17, 15) is 0 Å². The van der Waals surface area contributed by atoms with Crippen LogP contribution < -0.4 is 0 Å². The molecule has 0 N–H and O–H groups in total. The number of epoxide rings is 2. The second-order valence-electron chi connectivity index (χ2n) is 5.24. The van der Waals surface area contributed by atoms with Crippen molar-refractivity contribution in [2.75, 3.05) is 46.2 Å². The summed E-state index contributed by atoms with van der Waals surface area (Å²) < 4.78 is 27.4. The van der Waals surface area contributed by atoms with Crippen LogP contribution in [0.4, 0.5) is 0 Å². The molecule has 18 heavy (non-hydrogen) atoms. The Morgan fingerprint density at radius 2 is 1.67 bits per heavy atom. The first-order valence-corrected chi connectivity index (χ1v) is 6.74. The van der Waals surface area contributed by atoms with E-state index in [2.05, 4.69) is 6.92 Å². The van der Waals surface area contributed by atoms with Crippen molar-refractivity contribution < 1.29 is 23.7 Å². The lowest BCUT2D eigenvalue weighted by molar-refractivity contribution is -0.129. The highest BCUT2D eigenvalue weighted by atomic mass is 16.6. The van der Waals surface area contributed by atoms with Crippen molar-refractivity contribution in [3.8, 4) is 0 Å². The lowest BCUT2D eigenvalue weighted by Crippen LogP contribution is -2.41. The maximum absolute atomic E-state index is 5.89. The molecule has 5 nitrogen and oxygen atoms in total. The molecule has 2 aliphatic rings. The Labute approximate surface area is 109 Å². The molecule has 2 rings (SSSR count). The summed E-state index contributed by atoms with van der Waals surface area (Å²) in [6.07, 6.45) is 1.57. The predicted molar refractivity (Wildman–Crippen MR) is 65.8 cm³/mol. The molecule has 2 saturated heterocycles. The Morgan fingerprint density at radius 1 is 1.06 bits per heavy atom. The summed E-state index contributed by atoms with van der Waals surface area (Å²) in [6.45, 7) is 8.85. The highest BCUT2D eigenvalue weighted by Gasteiger charge is 2.32. The van der Waals surface area contributed by atoms with Crippen LogP contribution >= 0.6 is 0 Å². The highest BCUT2D eigenvalue weighted by Crippen LogP contribution is 2.18. The smallest absolute Gasteiger partial charge is 0.112 e. The zero-order valence-electron chi connectivity index (χ0n) is 11.4. The molecule has 0 aromatic heterocycles. The number of ether oxygens (including phenoxy) is 5. The molecule has 3 atom stereocenters. The number of hydrogen-bond donors (Lipinski definition) is 0. The molecule has 0 spiro atoms. The van der Waals surface area contributed by atoms with Gasteiger partial charge in [0, 0.05) is 6.61 Å². The molecule has 0 radical (unpaired) electrons. The fourth-order valence-corrected chi connectivity index (χ4v) is 1.59. The average molecular weight is 260 g/mol. The molecule has 0 bridgehead atoms. The van der Waals surface area contributed by atoms with Crippen molar-refractivity contribution in [2.45, 2.75) is 38.1 Å². The third kappa shape index (κ3) is 5.63. The third-order valence-electron chi connectivity index (χ3n) is 2.89. The van der Waals surface area contributed by atoms with Gasteiger partial charge in [-0.3, -0.25) is 0 Å². The van der Waals surface area contributed by atoms with Crippen molar-refractivity contribution >= 4 is 0 Å². The van der Waals surface area contributed by atoms with E-state index < -0.39 is 5.60 Å². The fourth-order valence-electron chi connectivity index (χ4n) is 1.59. The standard InChI is InChI=1S/C13H24O5/c1-3-4-14-9-13(2,18-8-12-7-17-12)10-15-5-11-6-16-11/h11-12H,3-10H2,1-2H3. The van der Waals surface area contributed by atoms with E-state index >= 15 is 0 Å². The molecule has 2 heterocycles. The van der Waals surface area contributed by atoms with E-state index in [0.29, 0.717) is 26.4 Å². The molecule has 5 heteroatoms. The zero-order chi connectivity index (χ0) is 12.8. The quantitative estimate of drug-likeness (QED) is 0.410. The summed E-state index contributed by atoms with van der Waals surface area (Å²) in [5.41, 5.74) is -0.393. The zero-order valence-corrected chi connectivity index (χ0v) is 11.4. The van der Waals surface area contributed by atoms with Crippen LogP contribution in [-0.2, 0) is 23.7 Å². The van der Waals surface area contributed by atoms with Gasteiger partial charge in [0.1, 0.15) is 17.8 Å². The van der Waals surface area contributed by atoms with Gasteiger partial charge in [-0.2, -0.15) is 0 Å². The Bertz CT molecular complexity index is 240. The van der Waals surface area contributed by atoms with Gasteiger partial charge in [-0.1, -0.05) is 6.92 Å². The van der Waals surface area contributed by atoms with Crippen molar-refractivity contribution in [3.05, 3.63) is 0 Å². The molecular formula is C13H24O5. The summed E-state index contributed by atoms with van der Waals surface area (Å²) in [5, 5.41) is 0. The molecule has 3 unspecified atom stereocenters. The van der Waals surface area contributed by atoms with E-state index in [-0.39, 0.29) is 12.2 Å². The first kappa shape index (κ1) is 14.2. The lowest BCUT2D eigenvalue weighted by atomic mass is 10.1. The van der Waals surface area contributed by atoms with Gasteiger partial charge in [0.05, 0.1) is 39.6 Å². The maximum Gasteiger partial charge on any atom is 0.112 e. The first-order chi connectivity index (χ1) is 8.72. The van der Waals surface area contributed by atoms with Gasteiger partial charge < -0.3 is 23.7 Å². The summed E-state index contributed by atoms with van der Waals surface area (Å²) in [4.78, 5) is 0. The minimum absolute atomic E-state index is 0.266. The Morgan fingerprint density at radius 3 is 2.28 bits per heavy atom.